The van der Waals surface area contributed by atoms with Crippen molar-refractivity contribution in [3.63, 3.8) is 0 Å². The molecule has 0 saturated carbocycles. The summed E-state index contributed by atoms with van der Waals surface area (Å²) in [5, 5.41) is 10.2. The fraction of sp³-hybridized carbons (Fsp3) is 0.345. The molecular formula is C29H28F2N2O4. The van der Waals surface area contributed by atoms with Gasteiger partial charge in [-0.2, -0.15) is 0 Å². The summed E-state index contributed by atoms with van der Waals surface area (Å²) in [7, 11) is 1.57. The van der Waals surface area contributed by atoms with Gasteiger partial charge in [0, 0.05) is 36.5 Å². The molecule has 6 nitrogen and oxygen atoms in total. The number of methoxy groups -OCH3 is 1. The first-order chi connectivity index (χ1) is 17.8. The van der Waals surface area contributed by atoms with Crippen LogP contribution in [0, 0.1) is 35.3 Å². The van der Waals surface area contributed by atoms with Gasteiger partial charge in [-0.05, 0) is 73.7 Å². The fourth-order valence-corrected chi connectivity index (χ4v) is 4.92. The largest absolute Gasteiger partial charge is 0.497 e. The predicted octanol–water partition coefficient (Wildman–Crippen LogP) is 4.95. The van der Waals surface area contributed by atoms with E-state index in [-0.39, 0.29) is 29.6 Å². The summed E-state index contributed by atoms with van der Waals surface area (Å²) < 4.78 is 32.5. The molecule has 0 aliphatic carbocycles. The number of halogens is 2. The average Bonchev–Trinajstić information content (AvgIpc) is 2.89. The first kappa shape index (κ1) is 26.2. The minimum absolute atomic E-state index is 0.00302. The van der Waals surface area contributed by atoms with Crippen LogP contribution in [0.4, 0.5) is 8.78 Å². The smallest absolute Gasteiger partial charge is 0.303 e. The molecule has 0 spiro atoms. The zero-order chi connectivity index (χ0) is 26.4. The van der Waals surface area contributed by atoms with E-state index in [2.05, 4.69) is 16.8 Å². The molecular weight excluding hydrogens is 478 g/mol. The van der Waals surface area contributed by atoms with Gasteiger partial charge in [-0.3, -0.25) is 19.5 Å². The standard InChI is InChI=1S/C29H28F2N2O4/c1-37-23-6-8-27-25(17-23)24(10-12-32-27)28(34)9-4-19-11-14-33(18-21(19)16-29(35)36)13-2-3-20-15-22(30)5-7-26(20)31/h5-8,10,12,15,17,19,21H,4,9,11,13-14,16,18H2,1H3,(H,35,36). The molecule has 0 bridgehead atoms. The van der Waals surface area contributed by atoms with E-state index in [0.29, 0.717) is 49.3 Å². The molecule has 1 aliphatic rings. The van der Waals surface area contributed by atoms with Gasteiger partial charge in [0.15, 0.2) is 5.78 Å². The molecule has 1 aromatic heterocycles. The molecule has 4 rings (SSSR count). The summed E-state index contributed by atoms with van der Waals surface area (Å²) in [5.41, 5.74) is 1.29. The zero-order valence-electron chi connectivity index (χ0n) is 20.5. The Kier molecular flexibility index (Phi) is 8.47. The summed E-state index contributed by atoms with van der Waals surface area (Å²) >= 11 is 0. The number of Topliss-reactive ketones (excluding diaryl/α,β-unsaturated/α-hetero) is 1. The number of carboxylic acids is 1. The van der Waals surface area contributed by atoms with Crippen LogP contribution in [-0.2, 0) is 4.79 Å². The van der Waals surface area contributed by atoms with Crippen LogP contribution >= 0.6 is 0 Å². The van der Waals surface area contributed by atoms with Crippen LogP contribution in [0.1, 0.15) is 41.6 Å². The molecule has 2 atom stereocenters. The third-order valence-corrected chi connectivity index (χ3v) is 6.86. The summed E-state index contributed by atoms with van der Waals surface area (Å²) in [4.78, 5) is 31.0. The number of ketones is 1. The lowest BCUT2D eigenvalue weighted by atomic mass is 9.79. The second kappa shape index (κ2) is 11.9. The van der Waals surface area contributed by atoms with Crippen LogP contribution < -0.4 is 4.74 Å². The van der Waals surface area contributed by atoms with Gasteiger partial charge in [0.05, 0.1) is 24.7 Å². The Labute approximate surface area is 214 Å². The molecule has 1 N–H and O–H groups in total. The monoisotopic (exact) mass is 506 g/mol. The zero-order valence-corrected chi connectivity index (χ0v) is 20.5. The number of nitrogens with zero attached hydrogens (tertiary/aromatic N) is 2. The molecule has 1 aliphatic heterocycles. The molecule has 0 radical (unpaired) electrons. The highest BCUT2D eigenvalue weighted by Crippen LogP contribution is 2.31. The highest BCUT2D eigenvalue weighted by Gasteiger charge is 2.31. The van der Waals surface area contributed by atoms with E-state index in [1.807, 2.05) is 11.0 Å². The number of benzene rings is 2. The van der Waals surface area contributed by atoms with Gasteiger partial charge in [-0.1, -0.05) is 11.8 Å². The summed E-state index contributed by atoms with van der Waals surface area (Å²) in [6.07, 6.45) is 3.22. The van der Waals surface area contributed by atoms with Crippen molar-refractivity contribution in [1.82, 2.24) is 9.88 Å². The van der Waals surface area contributed by atoms with Gasteiger partial charge < -0.3 is 9.84 Å². The van der Waals surface area contributed by atoms with Crippen molar-refractivity contribution in [2.24, 2.45) is 11.8 Å². The number of hydrogen-bond donors (Lipinski definition) is 1. The number of aliphatic carboxylic acids is 1. The number of pyridine rings is 1. The van der Waals surface area contributed by atoms with Crippen molar-refractivity contribution in [2.45, 2.75) is 25.7 Å². The average molecular weight is 507 g/mol. The fourth-order valence-electron chi connectivity index (χ4n) is 4.92. The third kappa shape index (κ3) is 6.69. The van der Waals surface area contributed by atoms with Gasteiger partial charge in [0.25, 0.3) is 0 Å². The Balaban J connectivity index is 1.40. The lowest BCUT2D eigenvalue weighted by Gasteiger charge is -2.37. The Hall–Kier alpha value is -3.83. The number of carbonyl (C=O) groups excluding carboxylic acids is 1. The van der Waals surface area contributed by atoms with Crippen molar-refractivity contribution in [3.05, 3.63) is 71.4 Å². The Morgan fingerprint density at radius 2 is 2.00 bits per heavy atom. The molecule has 3 aromatic rings. The third-order valence-electron chi connectivity index (χ3n) is 6.86. The lowest BCUT2D eigenvalue weighted by molar-refractivity contribution is -0.139. The molecule has 2 unspecified atom stereocenters. The minimum atomic E-state index is -0.886. The SMILES string of the molecule is COc1ccc2nccc(C(=O)CCC3CCN(CC#Cc4cc(F)ccc4F)CC3CC(=O)O)c2c1. The number of carboxylic acid groups (broad SMARTS) is 1. The number of ether oxygens (including phenoxy) is 1. The Morgan fingerprint density at radius 3 is 2.78 bits per heavy atom. The predicted molar refractivity (Wildman–Crippen MR) is 135 cm³/mol. The maximum atomic E-state index is 13.8. The maximum Gasteiger partial charge on any atom is 0.303 e. The van der Waals surface area contributed by atoms with E-state index < -0.39 is 17.6 Å². The van der Waals surface area contributed by atoms with Gasteiger partial charge >= 0.3 is 5.97 Å². The Morgan fingerprint density at radius 1 is 1.16 bits per heavy atom. The molecule has 2 aromatic carbocycles. The van der Waals surface area contributed by atoms with Crippen molar-refractivity contribution in [1.29, 1.82) is 0 Å². The molecule has 1 saturated heterocycles. The highest BCUT2D eigenvalue weighted by atomic mass is 19.1. The van der Waals surface area contributed by atoms with Crippen LogP contribution in [0.15, 0.2) is 48.7 Å². The van der Waals surface area contributed by atoms with Gasteiger partial charge in [-0.25, -0.2) is 8.78 Å². The number of carbonyl (C=O) groups is 2. The van der Waals surface area contributed by atoms with E-state index >= 15 is 0 Å². The number of rotatable bonds is 8. The minimum Gasteiger partial charge on any atom is -0.497 e. The Bertz CT molecular complexity index is 1370. The van der Waals surface area contributed by atoms with Crippen molar-refractivity contribution in [3.8, 4) is 17.6 Å². The molecule has 0 amide bonds. The van der Waals surface area contributed by atoms with Crippen LogP contribution in [0.5, 0.6) is 5.75 Å². The van der Waals surface area contributed by atoms with Crippen LogP contribution in [0.3, 0.4) is 0 Å². The molecule has 192 valence electrons. The highest BCUT2D eigenvalue weighted by molar-refractivity contribution is 6.07. The number of aromatic nitrogens is 1. The first-order valence-corrected chi connectivity index (χ1v) is 12.2. The van der Waals surface area contributed by atoms with E-state index in [1.54, 1.807) is 31.5 Å². The van der Waals surface area contributed by atoms with E-state index in [4.69, 9.17) is 4.74 Å². The normalized spacial score (nSPS) is 17.7. The lowest BCUT2D eigenvalue weighted by Crippen LogP contribution is -2.41. The van der Waals surface area contributed by atoms with Crippen molar-refractivity contribution >= 4 is 22.7 Å². The summed E-state index contributed by atoms with van der Waals surface area (Å²) in [6, 6.07) is 10.3. The molecule has 2 heterocycles. The van der Waals surface area contributed by atoms with E-state index in [1.165, 1.54) is 0 Å². The summed E-state index contributed by atoms with van der Waals surface area (Å²) in [6.45, 7) is 1.52. The van der Waals surface area contributed by atoms with Crippen LogP contribution in [0.2, 0.25) is 0 Å². The van der Waals surface area contributed by atoms with Gasteiger partial charge in [-0.15, -0.1) is 0 Å². The van der Waals surface area contributed by atoms with E-state index in [0.717, 1.165) is 30.0 Å². The van der Waals surface area contributed by atoms with E-state index in [9.17, 15) is 23.5 Å². The van der Waals surface area contributed by atoms with Gasteiger partial charge in [0.2, 0.25) is 0 Å². The summed E-state index contributed by atoms with van der Waals surface area (Å²) in [5.74, 6) is 4.09. The van der Waals surface area contributed by atoms with Crippen LogP contribution in [-0.4, -0.2) is 53.5 Å². The second-order valence-corrected chi connectivity index (χ2v) is 9.27. The molecule has 1 fully saturated rings. The quantitative estimate of drug-likeness (QED) is 0.344. The number of likely N-dealkylation sites (tertiary alicyclic amines) is 1. The van der Waals surface area contributed by atoms with Crippen LogP contribution in [0.25, 0.3) is 10.9 Å². The molecule has 8 heteroatoms. The number of piperidine rings is 1. The topological polar surface area (TPSA) is 79.7 Å². The van der Waals surface area contributed by atoms with Crippen molar-refractivity contribution in [2.75, 3.05) is 26.7 Å². The number of fused-ring (bicyclic) bond motifs is 1. The first-order valence-electron chi connectivity index (χ1n) is 12.2. The number of hydrogen-bond acceptors (Lipinski definition) is 5. The molecule has 37 heavy (non-hydrogen) atoms. The maximum absolute atomic E-state index is 13.8. The second-order valence-electron chi connectivity index (χ2n) is 9.27. The van der Waals surface area contributed by atoms with Gasteiger partial charge in [0.1, 0.15) is 17.4 Å². The van der Waals surface area contributed by atoms with Crippen molar-refractivity contribution < 1.29 is 28.2 Å².